The molecule has 90 valence electrons. The summed E-state index contributed by atoms with van der Waals surface area (Å²) in [6.45, 7) is 8.71. The fraction of sp³-hybridized carbons (Fsp3) is 0.600. The third-order valence-corrected chi connectivity index (χ3v) is 3.39. The van der Waals surface area contributed by atoms with Gasteiger partial charge in [0.1, 0.15) is 0 Å². The average Bonchev–Trinajstić information content (AvgIpc) is 2.16. The first-order valence-corrected chi connectivity index (χ1v) is 6.16. The molecule has 16 heavy (non-hydrogen) atoms. The van der Waals surface area contributed by atoms with Gasteiger partial charge >= 0.3 is 0 Å². The minimum absolute atomic E-state index is 0.258. The van der Waals surface area contributed by atoms with E-state index in [-0.39, 0.29) is 5.41 Å². The Morgan fingerprint density at radius 1 is 1.31 bits per heavy atom. The van der Waals surface area contributed by atoms with E-state index in [1.807, 2.05) is 19.1 Å². The van der Waals surface area contributed by atoms with Crippen LogP contribution in [0.2, 0.25) is 0 Å². The van der Waals surface area contributed by atoms with E-state index in [9.17, 15) is 5.11 Å². The Labute approximate surface area is 99.6 Å². The van der Waals surface area contributed by atoms with Crippen molar-refractivity contribution >= 4 is 0 Å². The lowest BCUT2D eigenvalue weighted by molar-refractivity contribution is 0.271. The monoisotopic (exact) mass is 220 g/mol. The summed E-state index contributed by atoms with van der Waals surface area (Å²) in [5.41, 5.74) is 3.14. The van der Waals surface area contributed by atoms with Crippen LogP contribution in [0.25, 0.3) is 0 Å². The maximum absolute atomic E-state index is 9.64. The van der Waals surface area contributed by atoms with Crippen LogP contribution in [0.4, 0.5) is 0 Å². The molecule has 0 aromatic heterocycles. The van der Waals surface area contributed by atoms with Gasteiger partial charge in [-0.2, -0.15) is 0 Å². The van der Waals surface area contributed by atoms with Gasteiger partial charge < -0.3 is 5.11 Å². The molecule has 1 nitrogen and oxygen atoms in total. The molecule has 0 aliphatic heterocycles. The summed E-state index contributed by atoms with van der Waals surface area (Å²) >= 11 is 0. The zero-order valence-electron chi connectivity index (χ0n) is 11.0. The second-order valence-electron chi connectivity index (χ2n) is 5.31. The number of aliphatic hydroxyl groups is 1. The second-order valence-corrected chi connectivity index (χ2v) is 5.31. The SMILES string of the molecule is CC=CC(O)C=CC1=C(C)CCCC1(C)C. The van der Waals surface area contributed by atoms with E-state index < -0.39 is 6.10 Å². The molecule has 0 fully saturated rings. The standard InChI is InChI=1S/C15H24O/c1-5-7-13(16)9-10-14-12(2)8-6-11-15(14,3)4/h5,7,9-10,13,16H,6,8,11H2,1-4H3. The molecular weight excluding hydrogens is 196 g/mol. The number of rotatable bonds is 3. The summed E-state index contributed by atoms with van der Waals surface area (Å²) in [6, 6.07) is 0. The van der Waals surface area contributed by atoms with Crippen LogP contribution in [0.1, 0.15) is 47.0 Å². The molecule has 0 spiro atoms. The van der Waals surface area contributed by atoms with Crippen LogP contribution in [0, 0.1) is 5.41 Å². The molecule has 1 atom stereocenters. The maximum Gasteiger partial charge on any atom is 0.0905 e. The highest BCUT2D eigenvalue weighted by atomic mass is 16.3. The summed E-state index contributed by atoms with van der Waals surface area (Å²) in [5.74, 6) is 0. The van der Waals surface area contributed by atoms with E-state index in [1.54, 1.807) is 6.08 Å². The Kier molecular flexibility index (Phi) is 4.55. The molecule has 0 saturated carbocycles. The quantitative estimate of drug-likeness (QED) is 0.713. The molecule has 0 bridgehead atoms. The molecule has 0 heterocycles. The molecule has 0 radical (unpaired) electrons. The fourth-order valence-electron chi connectivity index (χ4n) is 2.47. The molecule has 1 heteroatoms. The zero-order valence-corrected chi connectivity index (χ0v) is 11.0. The number of hydrogen-bond donors (Lipinski definition) is 1. The van der Waals surface area contributed by atoms with Crippen molar-refractivity contribution in [2.75, 3.05) is 0 Å². The van der Waals surface area contributed by atoms with E-state index in [4.69, 9.17) is 0 Å². The second kappa shape index (κ2) is 5.49. The van der Waals surface area contributed by atoms with E-state index in [0.29, 0.717) is 0 Å². The van der Waals surface area contributed by atoms with Crippen molar-refractivity contribution in [3.8, 4) is 0 Å². The first kappa shape index (κ1) is 13.2. The van der Waals surface area contributed by atoms with Crippen molar-refractivity contribution in [1.82, 2.24) is 0 Å². The van der Waals surface area contributed by atoms with E-state index >= 15 is 0 Å². The summed E-state index contributed by atoms with van der Waals surface area (Å²) in [4.78, 5) is 0. The van der Waals surface area contributed by atoms with Gasteiger partial charge in [-0.1, -0.05) is 43.7 Å². The van der Waals surface area contributed by atoms with Crippen LogP contribution in [-0.4, -0.2) is 11.2 Å². The van der Waals surface area contributed by atoms with Crippen LogP contribution in [0.15, 0.2) is 35.5 Å². The van der Waals surface area contributed by atoms with Gasteiger partial charge in [0.2, 0.25) is 0 Å². The predicted octanol–water partition coefficient (Wildman–Crippen LogP) is 4.01. The van der Waals surface area contributed by atoms with Gasteiger partial charge in [-0.15, -0.1) is 0 Å². The number of aliphatic hydroxyl groups excluding tert-OH is 1. The summed E-state index contributed by atoms with van der Waals surface area (Å²) < 4.78 is 0. The highest BCUT2D eigenvalue weighted by molar-refractivity contribution is 5.33. The molecule has 1 aliphatic carbocycles. The van der Waals surface area contributed by atoms with Crippen molar-refractivity contribution in [2.24, 2.45) is 5.41 Å². The van der Waals surface area contributed by atoms with Crippen LogP contribution in [0.5, 0.6) is 0 Å². The van der Waals surface area contributed by atoms with Crippen LogP contribution in [0.3, 0.4) is 0 Å². The molecule has 1 rings (SSSR count). The highest BCUT2D eigenvalue weighted by Gasteiger charge is 2.26. The highest BCUT2D eigenvalue weighted by Crippen LogP contribution is 2.40. The summed E-state index contributed by atoms with van der Waals surface area (Å²) in [5, 5.41) is 9.64. The third-order valence-electron chi connectivity index (χ3n) is 3.39. The van der Waals surface area contributed by atoms with E-state index in [2.05, 4.69) is 26.8 Å². The van der Waals surface area contributed by atoms with Crippen molar-refractivity contribution in [1.29, 1.82) is 0 Å². The predicted molar refractivity (Wildman–Crippen MR) is 70.3 cm³/mol. The van der Waals surface area contributed by atoms with E-state index in [0.717, 1.165) is 0 Å². The van der Waals surface area contributed by atoms with Crippen LogP contribution in [-0.2, 0) is 0 Å². The van der Waals surface area contributed by atoms with Crippen LogP contribution >= 0.6 is 0 Å². The Morgan fingerprint density at radius 3 is 2.56 bits per heavy atom. The third kappa shape index (κ3) is 3.34. The Hall–Kier alpha value is -0.820. The molecule has 0 amide bonds. The molecular formula is C15H24O. The Bertz CT molecular complexity index is 318. The number of hydrogen-bond acceptors (Lipinski definition) is 1. The normalized spacial score (nSPS) is 23.3. The van der Waals surface area contributed by atoms with Gasteiger partial charge in [0.25, 0.3) is 0 Å². The molecule has 1 unspecified atom stereocenters. The molecule has 1 aliphatic rings. The maximum atomic E-state index is 9.64. The average molecular weight is 220 g/mol. The summed E-state index contributed by atoms with van der Waals surface area (Å²) in [6.07, 6.45) is 10.9. The summed E-state index contributed by atoms with van der Waals surface area (Å²) in [7, 11) is 0. The largest absolute Gasteiger partial charge is 0.385 e. The minimum Gasteiger partial charge on any atom is -0.385 e. The fourth-order valence-corrected chi connectivity index (χ4v) is 2.47. The molecule has 0 saturated heterocycles. The lowest BCUT2D eigenvalue weighted by atomic mass is 9.72. The minimum atomic E-state index is -0.456. The van der Waals surface area contributed by atoms with Crippen LogP contribution < -0.4 is 0 Å². The van der Waals surface area contributed by atoms with Gasteiger partial charge in [-0.3, -0.25) is 0 Å². The van der Waals surface area contributed by atoms with Crippen molar-refractivity contribution in [3.63, 3.8) is 0 Å². The Balaban J connectivity index is 2.85. The Morgan fingerprint density at radius 2 is 2.00 bits per heavy atom. The molecule has 0 aromatic rings. The van der Waals surface area contributed by atoms with Gasteiger partial charge in [-0.05, 0) is 44.1 Å². The first-order chi connectivity index (χ1) is 7.47. The zero-order chi connectivity index (χ0) is 12.2. The van der Waals surface area contributed by atoms with Crippen molar-refractivity contribution < 1.29 is 5.11 Å². The van der Waals surface area contributed by atoms with Crippen molar-refractivity contribution in [3.05, 3.63) is 35.5 Å². The topological polar surface area (TPSA) is 20.2 Å². The lowest BCUT2D eigenvalue weighted by Crippen LogP contribution is -2.19. The van der Waals surface area contributed by atoms with Gasteiger partial charge in [0.15, 0.2) is 0 Å². The van der Waals surface area contributed by atoms with Gasteiger partial charge in [-0.25, -0.2) is 0 Å². The lowest BCUT2D eigenvalue weighted by Gasteiger charge is -2.33. The smallest absolute Gasteiger partial charge is 0.0905 e. The van der Waals surface area contributed by atoms with Gasteiger partial charge in [0, 0.05) is 0 Å². The van der Waals surface area contributed by atoms with Gasteiger partial charge in [0.05, 0.1) is 6.10 Å². The van der Waals surface area contributed by atoms with E-state index in [1.165, 1.54) is 30.4 Å². The first-order valence-electron chi connectivity index (χ1n) is 6.16. The number of allylic oxidation sites excluding steroid dienone is 4. The molecule has 1 N–H and O–H groups in total. The molecule has 0 aromatic carbocycles. The van der Waals surface area contributed by atoms with Crippen molar-refractivity contribution in [2.45, 2.75) is 53.1 Å².